The second-order valence-corrected chi connectivity index (χ2v) is 5.03. The SMILES string of the molecule is Cc1c(C(=O)NC(CCl)CC(C)C)cnn1C. The monoisotopic (exact) mass is 257 g/mol. The summed E-state index contributed by atoms with van der Waals surface area (Å²) in [5, 5.41) is 7.00. The molecule has 1 amide bonds. The summed E-state index contributed by atoms with van der Waals surface area (Å²) >= 11 is 5.85. The van der Waals surface area contributed by atoms with Crippen LogP contribution < -0.4 is 5.32 Å². The number of hydrogen-bond donors (Lipinski definition) is 1. The molecule has 1 N–H and O–H groups in total. The Hall–Kier alpha value is -1.03. The Labute approximate surface area is 107 Å². The molecular formula is C12H20ClN3O. The molecule has 0 spiro atoms. The average Bonchev–Trinajstić information content (AvgIpc) is 2.58. The number of aryl methyl sites for hydroxylation is 1. The van der Waals surface area contributed by atoms with Crippen molar-refractivity contribution in [2.45, 2.75) is 33.2 Å². The molecule has 0 fully saturated rings. The fraction of sp³-hybridized carbons (Fsp3) is 0.667. The second-order valence-electron chi connectivity index (χ2n) is 4.72. The smallest absolute Gasteiger partial charge is 0.255 e. The van der Waals surface area contributed by atoms with Crippen LogP contribution in [0.25, 0.3) is 0 Å². The summed E-state index contributed by atoms with van der Waals surface area (Å²) in [5.74, 6) is 0.847. The van der Waals surface area contributed by atoms with Gasteiger partial charge in [-0.05, 0) is 19.3 Å². The molecule has 0 bridgehead atoms. The van der Waals surface area contributed by atoms with Crippen LogP contribution in [0.3, 0.4) is 0 Å². The molecule has 0 saturated carbocycles. The first-order chi connectivity index (χ1) is 7.95. The third-order valence-corrected chi connectivity index (χ3v) is 3.13. The average molecular weight is 258 g/mol. The molecule has 96 valence electrons. The summed E-state index contributed by atoms with van der Waals surface area (Å²) in [6.45, 7) is 6.10. The van der Waals surface area contributed by atoms with E-state index in [9.17, 15) is 4.79 Å². The number of alkyl halides is 1. The van der Waals surface area contributed by atoms with Crippen LogP contribution in [-0.4, -0.2) is 27.6 Å². The van der Waals surface area contributed by atoms with Crippen molar-refractivity contribution >= 4 is 17.5 Å². The lowest BCUT2D eigenvalue weighted by Crippen LogP contribution is -2.37. The Morgan fingerprint density at radius 3 is 2.65 bits per heavy atom. The Morgan fingerprint density at radius 2 is 2.24 bits per heavy atom. The molecule has 1 unspecified atom stereocenters. The van der Waals surface area contributed by atoms with Gasteiger partial charge in [0.1, 0.15) is 0 Å². The predicted molar refractivity (Wildman–Crippen MR) is 69.4 cm³/mol. The minimum atomic E-state index is -0.0955. The Kier molecular flexibility index (Phi) is 5.00. The van der Waals surface area contributed by atoms with Crippen molar-refractivity contribution in [3.05, 3.63) is 17.5 Å². The van der Waals surface area contributed by atoms with E-state index in [0.29, 0.717) is 17.4 Å². The van der Waals surface area contributed by atoms with Crippen molar-refractivity contribution in [2.24, 2.45) is 13.0 Å². The van der Waals surface area contributed by atoms with E-state index in [0.717, 1.165) is 12.1 Å². The first-order valence-corrected chi connectivity index (χ1v) is 6.34. The number of hydrogen-bond acceptors (Lipinski definition) is 2. The number of nitrogens with zero attached hydrogens (tertiary/aromatic N) is 2. The molecule has 1 aromatic rings. The molecule has 1 rings (SSSR count). The summed E-state index contributed by atoms with van der Waals surface area (Å²) in [6.07, 6.45) is 2.47. The minimum Gasteiger partial charge on any atom is -0.348 e. The summed E-state index contributed by atoms with van der Waals surface area (Å²) in [6, 6.07) is 0.0174. The van der Waals surface area contributed by atoms with E-state index in [1.165, 1.54) is 0 Å². The highest BCUT2D eigenvalue weighted by atomic mass is 35.5. The summed E-state index contributed by atoms with van der Waals surface area (Å²) in [5.41, 5.74) is 1.48. The highest BCUT2D eigenvalue weighted by Crippen LogP contribution is 2.09. The topological polar surface area (TPSA) is 46.9 Å². The molecule has 1 atom stereocenters. The van der Waals surface area contributed by atoms with Crippen LogP contribution in [0.1, 0.15) is 36.3 Å². The molecule has 0 aliphatic heterocycles. The number of rotatable bonds is 5. The fourth-order valence-corrected chi connectivity index (χ4v) is 1.92. The van der Waals surface area contributed by atoms with Gasteiger partial charge in [-0.3, -0.25) is 9.48 Å². The number of amides is 1. The molecule has 0 aromatic carbocycles. The molecule has 0 radical (unpaired) electrons. The Bertz CT molecular complexity index is 387. The molecule has 1 heterocycles. The van der Waals surface area contributed by atoms with Gasteiger partial charge in [-0.1, -0.05) is 13.8 Å². The summed E-state index contributed by atoms with van der Waals surface area (Å²) in [4.78, 5) is 12.0. The Morgan fingerprint density at radius 1 is 1.59 bits per heavy atom. The lowest BCUT2D eigenvalue weighted by Gasteiger charge is -2.17. The maximum Gasteiger partial charge on any atom is 0.255 e. The van der Waals surface area contributed by atoms with Crippen molar-refractivity contribution in [3.8, 4) is 0 Å². The van der Waals surface area contributed by atoms with Crippen molar-refractivity contribution in [1.82, 2.24) is 15.1 Å². The van der Waals surface area contributed by atoms with Gasteiger partial charge in [-0.2, -0.15) is 5.10 Å². The van der Waals surface area contributed by atoms with Gasteiger partial charge in [0.05, 0.1) is 11.8 Å². The van der Waals surface area contributed by atoms with Crippen molar-refractivity contribution < 1.29 is 4.79 Å². The predicted octanol–water partition coefficient (Wildman–Crippen LogP) is 2.11. The van der Waals surface area contributed by atoms with Crippen LogP contribution in [-0.2, 0) is 7.05 Å². The quantitative estimate of drug-likeness (QED) is 0.822. The maximum atomic E-state index is 12.0. The second kappa shape index (κ2) is 6.05. The zero-order chi connectivity index (χ0) is 13.0. The molecule has 1 aromatic heterocycles. The molecular weight excluding hydrogens is 238 g/mol. The van der Waals surface area contributed by atoms with Crippen LogP contribution in [0.2, 0.25) is 0 Å². The molecule has 0 aliphatic carbocycles. The molecule has 17 heavy (non-hydrogen) atoms. The summed E-state index contributed by atoms with van der Waals surface area (Å²) < 4.78 is 1.69. The van der Waals surface area contributed by atoms with E-state index in [1.54, 1.807) is 10.9 Å². The van der Waals surface area contributed by atoms with Gasteiger partial charge in [-0.15, -0.1) is 11.6 Å². The third-order valence-electron chi connectivity index (χ3n) is 2.76. The highest BCUT2D eigenvalue weighted by molar-refractivity contribution is 6.18. The normalized spacial score (nSPS) is 12.8. The van der Waals surface area contributed by atoms with Crippen molar-refractivity contribution in [1.29, 1.82) is 0 Å². The number of carbonyl (C=O) groups excluding carboxylic acids is 1. The maximum absolute atomic E-state index is 12.0. The van der Waals surface area contributed by atoms with Gasteiger partial charge in [0.2, 0.25) is 0 Å². The number of carbonyl (C=O) groups is 1. The third kappa shape index (κ3) is 3.73. The van der Waals surface area contributed by atoms with E-state index in [2.05, 4.69) is 24.3 Å². The first-order valence-electron chi connectivity index (χ1n) is 5.81. The van der Waals surface area contributed by atoms with Gasteiger partial charge >= 0.3 is 0 Å². The summed E-state index contributed by atoms with van der Waals surface area (Å²) in [7, 11) is 1.82. The number of halogens is 1. The minimum absolute atomic E-state index is 0.0174. The fourth-order valence-electron chi connectivity index (χ4n) is 1.71. The van der Waals surface area contributed by atoms with E-state index >= 15 is 0 Å². The Balaban J connectivity index is 2.68. The van der Waals surface area contributed by atoms with Crippen molar-refractivity contribution in [2.75, 3.05) is 5.88 Å². The number of nitrogens with one attached hydrogen (secondary N) is 1. The van der Waals surface area contributed by atoms with Crippen LogP contribution in [0.5, 0.6) is 0 Å². The lowest BCUT2D eigenvalue weighted by atomic mass is 10.0. The van der Waals surface area contributed by atoms with Crippen molar-refractivity contribution in [3.63, 3.8) is 0 Å². The molecule has 4 nitrogen and oxygen atoms in total. The van der Waals surface area contributed by atoms with Gasteiger partial charge in [0, 0.05) is 24.7 Å². The number of aromatic nitrogens is 2. The largest absolute Gasteiger partial charge is 0.348 e. The van der Waals surface area contributed by atoms with Gasteiger partial charge in [0.15, 0.2) is 0 Å². The standard InChI is InChI=1S/C12H20ClN3O/c1-8(2)5-10(6-13)15-12(17)11-7-14-16(4)9(11)3/h7-8,10H,5-6H2,1-4H3,(H,15,17). The van der Waals surface area contributed by atoms with Crippen LogP contribution >= 0.6 is 11.6 Å². The van der Waals surface area contributed by atoms with Crippen LogP contribution in [0.15, 0.2) is 6.20 Å². The zero-order valence-corrected chi connectivity index (χ0v) is 11.6. The van der Waals surface area contributed by atoms with E-state index in [1.807, 2.05) is 14.0 Å². The van der Waals surface area contributed by atoms with E-state index < -0.39 is 0 Å². The first kappa shape index (κ1) is 14.0. The van der Waals surface area contributed by atoms with E-state index in [4.69, 9.17) is 11.6 Å². The molecule has 0 saturated heterocycles. The van der Waals surface area contributed by atoms with Gasteiger partial charge in [-0.25, -0.2) is 0 Å². The van der Waals surface area contributed by atoms with Crippen LogP contribution in [0, 0.1) is 12.8 Å². The lowest BCUT2D eigenvalue weighted by molar-refractivity contribution is 0.0936. The van der Waals surface area contributed by atoms with Crippen LogP contribution in [0.4, 0.5) is 0 Å². The highest BCUT2D eigenvalue weighted by Gasteiger charge is 2.17. The molecule has 5 heteroatoms. The van der Waals surface area contributed by atoms with Gasteiger partial charge < -0.3 is 5.32 Å². The zero-order valence-electron chi connectivity index (χ0n) is 10.8. The van der Waals surface area contributed by atoms with E-state index in [-0.39, 0.29) is 11.9 Å². The molecule has 0 aliphatic rings. The van der Waals surface area contributed by atoms with Gasteiger partial charge in [0.25, 0.3) is 5.91 Å².